The SMILES string of the molecule is CN(C)[C@@H]1C(O)=C(C(N)=O)C(=O)[C@@]2(O)C(O)=C3C(=O)c4c(ccc(NC(=O)Nc5cccc6ccccc56)c4O)C[C@H]3C[C@@H]12. The molecule has 3 aromatic rings. The van der Waals surface area contributed by atoms with Gasteiger partial charge in [0.05, 0.1) is 23.0 Å². The van der Waals surface area contributed by atoms with Gasteiger partial charge in [-0.3, -0.25) is 19.3 Å². The molecule has 12 nitrogen and oxygen atoms in total. The number of ketones is 2. The minimum Gasteiger partial charge on any atom is -0.510 e. The molecule has 226 valence electrons. The van der Waals surface area contributed by atoms with Crippen LogP contribution in [0.5, 0.6) is 5.75 Å². The first-order valence-corrected chi connectivity index (χ1v) is 13.9. The summed E-state index contributed by atoms with van der Waals surface area (Å²) >= 11 is 0. The number of benzene rings is 3. The third-order valence-corrected chi connectivity index (χ3v) is 8.88. The molecular weight excluding hydrogens is 568 g/mol. The maximum atomic E-state index is 13.9. The van der Waals surface area contributed by atoms with Crippen LogP contribution < -0.4 is 16.4 Å². The number of urea groups is 1. The van der Waals surface area contributed by atoms with E-state index in [1.165, 1.54) is 11.0 Å². The maximum Gasteiger partial charge on any atom is 0.323 e. The topological polar surface area (TPSA) is 203 Å². The van der Waals surface area contributed by atoms with Gasteiger partial charge in [0.2, 0.25) is 5.78 Å². The van der Waals surface area contributed by atoms with Gasteiger partial charge in [-0.2, -0.15) is 0 Å². The van der Waals surface area contributed by atoms with E-state index in [9.17, 15) is 39.6 Å². The van der Waals surface area contributed by atoms with E-state index < -0.39 is 69.8 Å². The molecule has 3 amide bonds. The molecular formula is C32H30N4O8. The number of aliphatic hydroxyl groups is 3. The molecule has 3 aliphatic rings. The summed E-state index contributed by atoms with van der Waals surface area (Å²) in [4.78, 5) is 53.9. The highest BCUT2D eigenvalue weighted by atomic mass is 16.3. The van der Waals surface area contributed by atoms with Crippen LogP contribution in [0.4, 0.5) is 16.2 Å². The zero-order valence-corrected chi connectivity index (χ0v) is 23.8. The number of nitrogens with zero attached hydrogens (tertiary/aromatic N) is 1. The molecule has 3 aromatic carbocycles. The molecule has 0 spiro atoms. The Morgan fingerprint density at radius 3 is 2.34 bits per heavy atom. The van der Waals surface area contributed by atoms with Crippen molar-refractivity contribution < 1.29 is 39.6 Å². The van der Waals surface area contributed by atoms with Gasteiger partial charge in [0.25, 0.3) is 5.91 Å². The largest absolute Gasteiger partial charge is 0.510 e. The Bertz CT molecular complexity index is 1860. The third kappa shape index (κ3) is 4.13. The van der Waals surface area contributed by atoms with Crippen LogP contribution in [0.25, 0.3) is 10.8 Å². The molecule has 12 heteroatoms. The zero-order valence-electron chi connectivity index (χ0n) is 23.8. The van der Waals surface area contributed by atoms with Crippen molar-refractivity contribution in [1.82, 2.24) is 4.90 Å². The smallest absolute Gasteiger partial charge is 0.323 e. The fourth-order valence-corrected chi connectivity index (χ4v) is 6.94. The number of allylic oxidation sites excluding steroid dienone is 1. The molecule has 0 aliphatic heterocycles. The number of likely N-dealkylation sites (N-methyl/N-ethyl adjacent to an activating group) is 1. The number of hydrogen-bond donors (Lipinski definition) is 7. The summed E-state index contributed by atoms with van der Waals surface area (Å²) in [6.07, 6.45) is 0.130. The van der Waals surface area contributed by atoms with Crippen LogP contribution in [0.2, 0.25) is 0 Å². The fraction of sp³-hybridized carbons (Fsp3) is 0.250. The van der Waals surface area contributed by atoms with Crippen molar-refractivity contribution in [1.29, 1.82) is 0 Å². The highest BCUT2D eigenvalue weighted by molar-refractivity contribution is 6.25. The minimum absolute atomic E-state index is 0.0139. The second-order valence-corrected chi connectivity index (χ2v) is 11.6. The lowest BCUT2D eigenvalue weighted by atomic mass is 9.58. The number of fused-ring (bicyclic) bond motifs is 4. The molecule has 0 saturated carbocycles. The van der Waals surface area contributed by atoms with Gasteiger partial charge in [-0.15, -0.1) is 0 Å². The number of nitrogens with two attached hydrogens (primary N) is 1. The number of aliphatic hydroxyl groups excluding tert-OH is 2. The molecule has 0 heterocycles. The van der Waals surface area contributed by atoms with E-state index in [0.29, 0.717) is 11.3 Å². The second kappa shape index (κ2) is 10.2. The average Bonchev–Trinajstić information content (AvgIpc) is 2.96. The number of phenolic OH excluding ortho intramolecular Hbond substituents is 1. The molecule has 0 aromatic heterocycles. The Morgan fingerprint density at radius 2 is 1.64 bits per heavy atom. The number of primary amides is 1. The minimum atomic E-state index is -2.73. The fourth-order valence-electron chi connectivity index (χ4n) is 6.94. The standard InChI is InChI=1S/C32H30N4O8/c1-36(2)24-18-13-16-12-15-10-11-20(35-31(43)34-19-9-5-7-14-6-3-4-8-17(14)19)25(37)21(15)26(38)22(16)28(40)32(18,44)29(41)23(27(24)39)30(33)42/h3-11,16,18,24,37,39-40,44H,12-13H2,1-2H3,(H2,33,42)(H2,34,35,43)/t16-,18-,24-,32-/m0/s1. The van der Waals surface area contributed by atoms with Crippen LogP contribution in [-0.2, 0) is 16.0 Å². The van der Waals surface area contributed by atoms with Gasteiger partial charge < -0.3 is 36.8 Å². The van der Waals surface area contributed by atoms with Gasteiger partial charge in [-0.25, -0.2) is 4.79 Å². The molecule has 0 fully saturated rings. The predicted octanol–water partition coefficient (Wildman–Crippen LogP) is 2.92. The lowest BCUT2D eigenvalue weighted by Gasteiger charge is -2.50. The molecule has 0 saturated heterocycles. The highest BCUT2D eigenvalue weighted by Crippen LogP contribution is 2.52. The maximum absolute atomic E-state index is 13.9. The van der Waals surface area contributed by atoms with Crippen molar-refractivity contribution >= 4 is 45.7 Å². The summed E-state index contributed by atoms with van der Waals surface area (Å²) in [6.45, 7) is 0. The third-order valence-electron chi connectivity index (χ3n) is 8.88. The molecule has 8 N–H and O–H groups in total. The van der Waals surface area contributed by atoms with Crippen molar-refractivity contribution in [2.24, 2.45) is 17.6 Å². The number of carbonyl (C=O) groups is 4. The van der Waals surface area contributed by atoms with Crippen molar-refractivity contribution in [2.45, 2.75) is 24.5 Å². The van der Waals surface area contributed by atoms with E-state index in [-0.39, 0.29) is 29.7 Å². The van der Waals surface area contributed by atoms with Gasteiger partial charge in [-0.1, -0.05) is 42.5 Å². The lowest BCUT2D eigenvalue weighted by Crippen LogP contribution is -2.63. The van der Waals surface area contributed by atoms with E-state index in [1.807, 2.05) is 30.3 Å². The summed E-state index contributed by atoms with van der Waals surface area (Å²) in [5, 5.41) is 52.2. The Hall–Kier alpha value is -5.20. The highest BCUT2D eigenvalue weighted by Gasteiger charge is 2.63. The summed E-state index contributed by atoms with van der Waals surface area (Å²) in [7, 11) is 3.13. The monoisotopic (exact) mass is 598 g/mol. The van der Waals surface area contributed by atoms with Crippen molar-refractivity contribution in [3.8, 4) is 5.75 Å². The lowest BCUT2D eigenvalue weighted by molar-refractivity contribution is -0.148. The van der Waals surface area contributed by atoms with Crippen LogP contribution in [0.15, 0.2) is 77.3 Å². The average molecular weight is 599 g/mol. The molecule has 4 atom stereocenters. The van der Waals surface area contributed by atoms with Crippen LogP contribution in [-0.4, -0.2) is 74.6 Å². The summed E-state index contributed by atoms with van der Waals surface area (Å²) in [5.41, 5.74) is 2.17. The van der Waals surface area contributed by atoms with Crippen molar-refractivity contribution in [3.05, 3.63) is 88.4 Å². The molecule has 0 bridgehead atoms. The van der Waals surface area contributed by atoms with Gasteiger partial charge >= 0.3 is 6.03 Å². The van der Waals surface area contributed by atoms with Crippen molar-refractivity contribution in [2.75, 3.05) is 24.7 Å². The summed E-state index contributed by atoms with van der Waals surface area (Å²) in [5.74, 6) is -7.37. The molecule has 0 unspecified atom stereocenters. The number of phenols is 1. The number of carbonyl (C=O) groups excluding carboxylic acids is 4. The van der Waals surface area contributed by atoms with E-state index in [1.54, 1.807) is 32.3 Å². The Labute approximate surface area is 251 Å². The van der Waals surface area contributed by atoms with E-state index >= 15 is 0 Å². The number of Topliss-reactive ketones (excluding diaryl/α,β-unsaturated/α-hetero) is 2. The van der Waals surface area contributed by atoms with Crippen molar-refractivity contribution in [3.63, 3.8) is 0 Å². The van der Waals surface area contributed by atoms with E-state index in [4.69, 9.17) is 5.73 Å². The first-order chi connectivity index (χ1) is 20.9. The van der Waals surface area contributed by atoms with Crippen LogP contribution >= 0.6 is 0 Å². The number of hydrogen-bond acceptors (Lipinski definition) is 9. The Balaban J connectivity index is 1.36. The second-order valence-electron chi connectivity index (χ2n) is 11.6. The Morgan fingerprint density at radius 1 is 0.955 bits per heavy atom. The summed E-state index contributed by atoms with van der Waals surface area (Å²) < 4.78 is 0. The predicted molar refractivity (Wildman–Crippen MR) is 160 cm³/mol. The first-order valence-electron chi connectivity index (χ1n) is 13.9. The number of rotatable bonds is 4. The van der Waals surface area contributed by atoms with Gasteiger partial charge in [0, 0.05) is 16.9 Å². The van der Waals surface area contributed by atoms with Gasteiger partial charge in [-0.05, 0) is 55.9 Å². The molecule has 44 heavy (non-hydrogen) atoms. The number of aromatic hydroxyl groups is 1. The number of amides is 3. The molecule has 3 aliphatic carbocycles. The first kappa shape index (κ1) is 28.9. The quantitative estimate of drug-likeness (QED) is 0.174. The molecule has 0 radical (unpaired) electrons. The summed E-state index contributed by atoms with van der Waals surface area (Å²) in [6, 6.07) is 14.2. The van der Waals surface area contributed by atoms with Gasteiger partial charge in [0.1, 0.15) is 17.1 Å². The van der Waals surface area contributed by atoms with E-state index in [0.717, 1.165) is 10.8 Å². The Kier molecular flexibility index (Phi) is 6.71. The van der Waals surface area contributed by atoms with Gasteiger partial charge in [0.15, 0.2) is 17.1 Å². The van der Waals surface area contributed by atoms with E-state index in [2.05, 4.69) is 10.6 Å². The van der Waals surface area contributed by atoms with Crippen LogP contribution in [0.3, 0.4) is 0 Å². The van der Waals surface area contributed by atoms with Crippen LogP contribution in [0.1, 0.15) is 22.3 Å². The number of nitrogens with one attached hydrogen (secondary N) is 2. The molecule has 6 rings (SSSR count). The number of anilines is 2. The normalized spacial score (nSPS) is 24.6. The zero-order chi connectivity index (χ0) is 31.7. The van der Waals surface area contributed by atoms with Crippen LogP contribution in [0, 0.1) is 11.8 Å².